The van der Waals surface area contributed by atoms with Gasteiger partial charge in [-0.1, -0.05) is 84.5 Å². The molecular weight excluding hydrogens is 314 g/mol. The van der Waals surface area contributed by atoms with Crippen LogP contribution >= 0.6 is 0 Å². The predicted octanol–water partition coefficient (Wildman–Crippen LogP) is 5.52. The number of aromatic nitrogens is 1. The summed E-state index contributed by atoms with van der Waals surface area (Å²) in [6.45, 7) is 4.90. The molecule has 2 N–H and O–H groups in total. The first-order valence-corrected chi connectivity index (χ1v) is 10.3. The number of hydrogen-bond donors (Lipinski definition) is 2. The highest BCUT2D eigenvalue weighted by atomic mass is 16.3. The molecule has 0 aliphatic carbocycles. The molecule has 0 atom stereocenters. The molecule has 0 radical (unpaired) electrons. The SMILES string of the molecule is CCCCCCCCCCCCCCn1cc(O)c(=O)c(O)c1CC. The highest BCUT2D eigenvalue weighted by Gasteiger charge is 2.12. The van der Waals surface area contributed by atoms with Crippen LogP contribution in [-0.2, 0) is 13.0 Å². The number of nitrogens with zero attached hydrogens (tertiary/aromatic N) is 1. The maximum Gasteiger partial charge on any atom is 0.264 e. The van der Waals surface area contributed by atoms with Gasteiger partial charge in [-0.3, -0.25) is 4.79 Å². The zero-order valence-corrected chi connectivity index (χ0v) is 16.2. The average Bonchev–Trinajstić information content (AvgIpc) is 2.61. The molecule has 25 heavy (non-hydrogen) atoms. The van der Waals surface area contributed by atoms with E-state index in [1.54, 1.807) is 0 Å². The normalized spacial score (nSPS) is 11.1. The van der Waals surface area contributed by atoms with Gasteiger partial charge in [0.2, 0.25) is 0 Å². The topological polar surface area (TPSA) is 62.5 Å². The summed E-state index contributed by atoms with van der Waals surface area (Å²) in [5.74, 6) is -0.671. The largest absolute Gasteiger partial charge is 0.503 e. The van der Waals surface area contributed by atoms with Gasteiger partial charge >= 0.3 is 0 Å². The van der Waals surface area contributed by atoms with Gasteiger partial charge in [0.05, 0.1) is 11.9 Å². The number of hydrogen-bond acceptors (Lipinski definition) is 3. The maximum absolute atomic E-state index is 11.6. The van der Waals surface area contributed by atoms with Crippen molar-refractivity contribution >= 4 is 0 Å². The summed E-state index contributed by atoms with van der Waals surface area (Å²) in [6, 6.07) is 0. The predicted molar refractivity (Wildman–Crippen MR) is 104 cm³/mol. The lowest BCUT2D eigenvalue weighted by Gasteiger charge is -2.14. The molecule has 0 saturated heterocycles. The van der Waals surface area contributed by atoms with Crippen LogP contribution in [0.3, 0.4) is 0 Å². The number of rotatable bonds is 14. The first kappa shape index (κ1) is 21.6. The Kier molecular flexibility index (Phi) is 11.1. The molecule has 0 aromatic carbocycles. The van der Waals surface area contributed by atoms with Crippen LogP contribution in [-0.4, -0.2) is 14.8 Å². The van der Waals surface area contributed by atoms with Gasteiger partial charge in [-0.25, -0.2) is 0 Å². The Morgan fingerprint density at radius 2 is 1.28 bits per heavy atom. The van der Waals surface area contributed by atoms with E-state index in [2.05, 4.69) is 6.92 Å². The van der Waals surface area contributed by atoms with Gasteiger partial charge < -0.3 is 14.8 Å². The molecule has 1 heterocycles. The average molecular weight is 352 g/mol. The lowest BCUT2D eigenvalue weighted by molar-refractivity contribution is 0.414. The van der Waals surface area contributed by atoms with Gasteiger partial charge in [-0.05, 0) is 12.8 Å². The van der Waals surface area contributed by atoms with E-state index >= 15 is 0 Å². The molecular formula is C21H37NO3. The van der Waals surface area contributed by atoms with E-state index in [0.717, 1.165) is 19.4 Å². The summed E-state index contributed by atoms with van der Waals surface area (Å²) in [7, 11) is 0. The van der Waals surface area contributed by atoms with Crippen LogP contribution in [0, 0.1) is 0 Å². The molecule has 0 aliphatic rings. The number of aryl methyl sites for hydroxylation is 1. The molecule has 0 spiro atoms. The molecule has 0 unspecified atom stereocenters. The minimum absolute atomic E-state index is 0.304. The van der Waals surface area contributed by atoms with Crippen molar-refractivity contribution < 1.29 is 10.2 Å². The van der Waals surface area contributed by atoms with Gasteiger partial charge in [0.15, 0.2) is 11.5 Å². The Hall–Kier alpha value is -1.45. The summed E-state index contributed by atoms with van der Waals surface area (Å²) < 4.78 is 1.82. The third-order valence-electron chi connectivity index (χ3n) is 4.93. The molecule has 144 valence electrons. The van der Waals surface area contributed by atoms with Crippen LogP contribution in [0.2, 0.25) is 0 Å². The van der Waals surface area contributed by atoms with E-state index in [4.69, 9.17) is 0 Å². The molecule has 0 amide bonds. The summed E-state index contributed by atoms with van der Waals surface area (Å²) >= 11 is 0. The summed E-state index contributed by atoms with van der Waals surface area (Å²) in [4.78, 5) is 11.6. The number of aromatic hydroxyl groups is 2. The zero-order valence-electron chi connectivity index (χ0n) is 16.2. The van der Waals surface area contributed by atoms with Crippen LogP contribution in [0.15, 0.2) is 11.0 Å². The van der Waals surface area contributed by atoms with Crippen LogP contribution in [0.4, 0.5) is 0 Å². The van der Waals surface area contributed by atoms with Gasteiger partial charge in [-0.2, -0.15) is 0 Å². The first-order valence-electron chi connectivity index (χ1n) is 10.3. The van der Waals surface area contributed by atoms with Gasteiger partial charge in [0.25, 0.3) is 5.43 Å². The lowest BCUT2D eigenvalue weighted by atomic mass is 10.1. The fourth-order valence-electron chi connectivity index (χ4n) is 3.37. The van der Waals surface area contributed by atoms with E-state index in [1.165, 1.54) is 70.4 Å². The van der Waals surface area contributed by atoms with E-state index in [-0.39, 0.29) is 11.5 Å². The summed E-state index contributed by atoms with van der Waals surface area (Å²) in [6.07, 6.45) is 17.6. The van der Waals surface area contributed by atoms with Crippen LogP contribution in [0.5, 0.6) is 11.5 Å². The Morgan fingerprint density at radius 1 is 0.800 bits per heavy atom. The maximum atomic E-state index is 11.6. The molecule has 0 bridgehead atoms. The van der Waals surface area contributed by atoms with E-state index in [0.29, 0.717) is 12.1 Å². The van der Waals surface area contributed by atoms with Gasteiger partial charge in [0, 0.05) is 6.54 Å². The standard InChI is InChI=1S/C21H37NO3/c1-3-5-6-7-8-9-10-11-12-13-14-15-16-22-17-19(23)21(25)20(24)18(22)4-2/h17,23-24H,3-16H2,1-2H3. The second-order valence-corrected chi connectivity index (χ2v) is 7.07. The molecule has 1 aromatic heterocycles. The van der Waals surface area contributed by atoms with Crippen molar-refractivity contribution in [2.75, 3.05) is 0 Å². The molecule has 4 heteroatoms. The lowest BCUT2D eigenvalue weighted by Crippen LogP contribution is -2.13. The van der Waals surface area contributed by atoms with Crippen LogP contribution in [0.25, 0.3) is 0 Å². The second kappa shape index (κ2) is 12.8. The second-order valence-electron chi connectivity index (χ2n) is 7.07. The fourth-order valence-corrected chi connectivity index (χ4v) is 3.37. The Balaban J connectivity index is 2.13. The number of unbranched alkanes of at least 4 members (excludes halogenated alkanes) is 11. The molecule has 0 saturated carbocycles. The van der Waals surface area contributed by atoms with Crippen molar-refractivity contribution in [3.8, 4) is 11.5 Å². The van der Waals surface area contributed by atoms with Crippen LogP contribution in [0.1, 0.15) is 96.6 Å². The van der Waals surface area contributed by atoms with Crippen molar-refractivity contribution in [2.45, 2.75) is 104 Å². The van der Waals surface area contributed by atoms with Gasteiger partial charge in [0.1, 0.15) is 0 Å². The summed E-state index contributed by atoms with van der Waals surface area (Å²) in [5, 5.41) is 19.5. The smallest absolute Gasteiger partial charge is 0.264 e. The minimum atomic E-state index is -0.664. The molecule has 0 fully saturated rings. The Morgan fingerprint density at radius 3 is 1.76 bits per heavy atom. The van der Waals surface area contributed by atoms with E-state index in [9.17, 15) is 15.0 Å². The molecule has 1 aromatic rings. The quantitative estimate of drug-likeness (QED) is 0.434. The van der Waals surface area contributed by atoms with E-state index < -0.39 is 5.43 Å². The van der Waals surface area contributed by atoms with Gasteiger partial charge in [-0.15, -0.1) is 0 Å². The Labute approximate surface area is 152 Å². The highest BCUT2D eigenvalue weighted by molar-refractivity contribution is 5.34. The monoisotopic (exact) mass is 351 g/mol. The molecule has 0 aliphatic heterocycles. The van der Waals surface area contributed by atoms with Crippen molar-refractivity contribution in [2.24, 2.45) is 0 Å². The van der Waals surface area contributed by atoms with Crippen molar-refractivity contribution in [3.63, 3.8) is 0 Å². The van der Waals surface area contributed by atoms with Crippen molar-refractivity contribution in [1.82, 2.24) is 4.57 Å². The third-order valence-corrected chi connectivity index (χ3v) is 4.93. The highest BCUT2D eigenvalue weighted by Crippen LogP contribution is 2.18. The summed E-state index contributed by atoms with van der Waals surface area (Å²) in [5.41, 5.74) is -0.0475. The van der Waals surface area contributed by atoms with Crippen LogP contribution < -0.4 is 5.43 Å². The fraction of sp³-hybridized carbons (Fsp3) is 0.762. The first-order chi connectivity index (χ1) is 12.1. The van der Waals surface area contributed by atoms with E-state index in [1.807, 2.05) is 11.5 Å². The zero-order chi connectivity index (χ0) is 18.5. The molecule has 1 rings (SSSR count). The third kappa shape index (κ3) is 7.98. The Bertz CT molecular complexity index is 537. The van der Waals surface area contributed by atoms with Crippen molar-refractivity contribution in [3.05, 3.63) is 22.1 Å². The minimum Gasteiger partial charge on any atom is -0.503 e. The molecule has 4 nitrogen and oxygen atoms in total. The van der Waals surface area contributed by atoms with Crippen molar-refractivity contribution in [1.29, 1.82) is 0 Å². The number of pyridine rings is 1.